The molecule has 0 aliphatic heterocycles. The van der Waals surface area contributed by atoms with Crippen molar-refractivity contribution in [1.82, 2.24) is 15.0 Å². The number of aromatic nitrogens is 1. The molecule has 192 valence electrons. The number of aryl methyl sites for hydroxylation is 1. The number of carbonyl (C=O) groups excluding carboxylic acids is 1. The van der Waals surface area contributed by atoms with Crippen LogP contribution in [0.5, 0.6) is 0 Å². The Labute approximate surface area is 206 Å². The minimum absolute atomic E-state index is 0.0865. The highest BCUT2D eigenvalue weighted by Gasteiger charge is 2.33. The molecule has 1 unspecified atom stereocenters. The maximum Gasteiger partial charge on any atom is 0.433 e. The summed E-state index contributed by atoms with van der Waals surface area (Å²) in [6.07, 6.45) is -3.66. The van der Waals surface area contributed by atoms with Crippen LogP contribution in [0.25, 0.3) is 11.3 Å². The molecular formula is C25H25F4N3O3S. The first kappa shape index (κ1) is 27.3. The summed E-state index contributed by atoms with van der Waals surface area (Å²) in [5.74, 6) is -1.91. The van der Waals surface area contributed by atoms with E-state index in [1.54, 1.807) is 38.1 Å². The molecule has 0 bridgehead atoms. The minimum atomic E-state index is -4.62. The van der Waals surface area contributed by atoms with Crippen molar-refractivity contribution >= 4 is 15.9 Å². The van der Waals surface area contributed by atoms with Gasteiger partial charge in [0.2, 0.25) is 15.9 Å². The van der Waals surface area contributed by atoms with Crippen LogP contribution in [-0.2, 0) is 34.1 Å². The number of sulfonamides is 1. The fraction of sp³-hybridized carbons (Fsp3) is 0.280. The number of rotatable bonds is 8. The number of nitrogens with one attached hydrogen (secondary N) is 2. The van der Waals surface area contributed by atoms with Crippen molar-refractivity contribution in [3.8, 4) is 11.3 Å². The molecule has 2 aromatic carbocycles. The molecule has 0 aliphatic rings. The van der Waals surface area contributed by atoms with Crippen LogP contribution in [0.3, 0.4) is 0 Å². The van der Waals surface area contributed by atoms with Gasteiger partial charge in [0.1, 0.15) is 11.5 Å². The maximum absolute atomic E-state index is 14.4. The monoisotopic (exact) mass is 523 g/mol. The number of hydrogen-bond donors (Lipinski definition) is 2. The highest BCUT2D eigenvalue weighted by Crippen LogP contribution is 2.32. The third-order valence-corrected chi connectivity index (χ3v) is 6.29. The first-order valence-electron chi connectivity index (χ1n) is 10.9. The van der Waals surface area contributed by atoms with E-state index in [4.69, 9.17) is 0 Å². The zero-order valence-corrected chi connectivity index (χ0v) is 20.6. The molecule has 0 radical (unpaired) electrons. The van der Waals surface area contributed by atoms with E-state index in [2.05, 4.69) is 15.0 Å². The third kappa shape index (κ3) is 6.88. The molecule has 0 fully saturated rings. The average Bonchev–Trinajstić information content (AvgIpc) is 2.80. The Hall–Kier alpha value is -3.31. The minimum Gasteiger partial charge on any atom is -0.351 e. The van der Waals surface area contributed by atoms with Crippen molar-refractivity contribution in [1.29, 1.82) is 0 Å². The van der Waals surface area contributed by atoms with Crippen LogP contribution in [0.2, 0.25) is 0 Å². The van der Waals surface area contributed by atoms with E-state index < -0.39 is 39.5 Å². The van der Waals surface area contributed by atoms with Crippen LogP contribution < -0.4 is 10.0 Å². The second-order valence-corrected chi connectivity index (χ2v) is 10.2. The predicted octanol–water partition coefficient (Wildman–Crippen LogP) is 4.68. The number of pyridine rings is 1. The van der Waals surface area contributed by atoms with Gasteiger partial charge in [-0.05, 0) is 42.7 Å². The van der Waals surface area contributed by atoms with Gasteiger partial charge in [-0.25, -0.2) is 22.5 Å². The lowest BCUT2D eigenvalue weighted by molar-refractivity contribution is -0.141. The van der Waals surface area contributed by atoms with Crippen molar-refractivity contribution in [3.63, 3.8) is 0 Å². The summed E-state index contributed by atoms with van der Waals surface area (Å²) < 4.78 is 79.0. The van der Waals surface area contributed by atoms with Crippen molar-refractivity contribution in [2.75, 3.05) is 6.26 Å². The Morgan fingerprint density at radius 3 is 2.31 bits per heavy atom. The number of amides is 1. The van der Waals surface area contributed by atoms with Crippen LogP contribution in [0, 0.1) is 12.7 Å². The highest BCUT2D eigenvalue weighted by molar-refractivity contribution is 7.88. The Bertz CT molecular complexity index is 1380. The molecule has 0 spiro atoms. The SMILES string of the molecule is Cc1ccccc1-c1nc(C(F)(F)F)ccc1CNC(=O)C(C)c1ccc(CNS(C)(=O)=O)c(F)c1. The normalized spacial score (nSPS) is 12.9. The highest BCUT2D eigenvalue weighted by atomic mass is 32.2. The van der Waals surface area contributed by atoms with E-state index in [-0.39, 0.29) is 24.3 Å². The van der Waals surface area contributed by atoms with Crippen molar-refractivity contribution in [2.24, 2.45) is 0 Å². The Kier molecular flexibility index (Phi) is 8.15. The standard InChI is InChI=1S/C25H25F4N3O3S/c1-15-6-4-5-7-20(15)23-19(10-11-22(32-23)25(27,28)29)13-30-24(33)16(2)17-8-9-18(21(26)12-17)14-31-36(3,34)35/h4-12,16,31H,13-14H2,1-3H3,(H,30,33). The molecule has 1 amide bonds. The Balaban J connectivity index is 1.79. The molecular weight excluding hydrogens is 498 g/mol. The average molecular weight is 524 g/mol. The van der Waals surface area contributed by atoms with E-state index in [0.717, 1.165) is 24.0 Å². The van der Waals surface area contributed by atoms with Gasteiger partial charge in [-0.3, -0.25) is 4.79 Å². The van der Waals surface area contributed by atoms with Crippen molar-refractivity contribution < 1.29 is 30.8 Å². The van der Waals surface area contributed by atoms with Gasteiger partial charge in [0.05, 0.1) is 17.9 Å². The molecule has 1 atom stereocenters. The lowest BCUT2D eigenvalue weighted by Gasteiger charge is -2.17. The van der Waals surface area contributed by atoms with Gasteiger partial charge in [0, 0.05) is 24.2 Å². The molecule has 3 aromatic rings. The van der Waals surface area contributed by atoms with Gasteiger partial charge in [0.15, 0.2) is 0 Å². The summed E-state index contributed by atoms with van der Waals surface area (Å²) in [6.45, 7) is 3.00. The van der Waals surface area contributed by atoms with Crippen LogP contribution in [0.15, 0.2) is 54.6 Å². The van der Waals surface area contributed by atoms with E-state index in [1.165, 1.54) is 18.2 Å². The van der Waals surface area contributed by atoms with Gasteiger partial charge < -0.3 is 5.32 Å². The largest absolute Gasteiger partial charge is 0.433 e. The smallest absolute Gasteiger partial charge is 0.351 e. The fourth-order valence-electron chi connectivity index (χ4n) is 3.53. The quantitative estimate of drug-likeness (QED) is 0.420. The van der Waals surface area contributed by atoms with E-state index in [9.17, 15) is 30.8 Å². The summed E-state index contributed by atoms with van der Waals surface area (Å²) in [7, 11) is -3.50. The van der Waals surface area contributed by atoms with Crippen LogP contribution in [0.4, 0.5) is 17.6 Å². The van der Waals surface area contributed by atoms with Gasteiger partial charge in [-0.15, -0.1) is 0 Å². The second kappa shape index (κ2) is 10.8. The maximum atomic E-state index is 14.4. The molecule has 0 aliphatic carbocycles. The first-order valence-corrected chi connectivity index (χ1v) is 12.8. The molecule has 0 saturated carbocycles. The van der Waals surface area contributed by atoms with Crippen LogP contribution in [0.1, 0.15) is 40.8 Å². The summed E-state index contributed by atoms with van der Waals surface area (Å²) in [4.78, 5) is 16.6. The third-order valence-electron chi connectivity index (χ3n) is 5.62. The van der Waals surface area contributed by atoms with Crippen LogP contribution >= 0.6 is 0 Å². The molecule has 1 heterocycles. The predicted molar refractivity (Wildman–Crippen MR) is 128 cm³/mol. The number of halogens is 4. The zero-order valence-electron chi connectivity index (χ0n) is 19.8. The van der Waals surface area contributed by atoms with Crippen LogP contribution in [-0.4, -0.2) is 25.6 Å². The molecule has 2 N–H and O–H groups in total. The van der Waals surface area contributed by atoms with Gasteiger partial charge in [-0.2, -0.15) is 13.2 Å². The lowest BCUT2D eigenvalue weighted by atomic mass is 9.98. The number of carbonyl (C=O) groups is 1. The topological polar surface area (TPSA) is 88.2 Å². The number of alkyl halides is 3. The molecule has 1 aromatic heterocycles. The Morgan fingerprint density at radius 2 is 1.69 bits per heavy atom. The fourth-order valence-corrected chi connectivity index (χ4v) is 3.95. The van der Waals surface area contributed by atoms with E-state index >= 15 is 0 Å². The molecule has 11 heteroatoms. The summed E-state index contributed by atoms with van der Waals surface area (Å²) in [5, 5.41) is 2.69. The van der Waals surface area contributed by atoms with Gasteiger partial charge in [-0.1, -0.05) is 42.5 Å². The van der Waals surface area contributed by atoms with Gasteiger partial charge >= 0.3 is 6.18 Å². The summed E-state index contributed by atoms with van der Waals surface area (Å²) in [6, 6.07) is 13.1. The Morgan fingerprint density at radius 1 is 1.03 bits per heavy atom. The lowest BCUT2D eigenvalue weighted by Crippen LogP contribution is -2.28. The van der Waals surface area contributed by atoms with E-state index in [1.807, 2.05) is 0 Å². The molecule has 36 heavy (non-hydrogen) atoms. The van der Waals surface area contributed by atoms with Crippen molar-refractivity contribution in [3.05, 3.63) is 88.4 Å². The van der Waals surface area contributed by atoms with Gasteiger partial charge in [0.25, 0.3) is 0 Å². The molecule has 3 rings (SSSR count). The zero-order chi connectivity index (χ0) is 26.7. The first-order chi connectivity index (χ1) is 16.8. The summed E-state index contributed by atoms with van der Waals surface area (Å²) >= 11 is 0. The summed E-state index contributed by atoms with van der Waals surface area (Å²) in [5.41, 5.74) is 1.20. The van der Waals surface area contributed by atoms with Crippen molar-refractivity contribution in [2.45, 2.75) is 39.0 Å². The number of nitrogens with zero attached hydrogens (tertiary/aromatic N) is 1. The second-order valence-electron chi connectivity index (χ2n) is 8.40. The van der Waals surface area contributed by atoms with E-state index in [0.29, 0.717) is 16.7 Å². The molecule has 6 nitrogen and oxygen atoms in total. The number of benzene rings is 2. The number of hydrogen-bond acceptors (Lipinski definition) is 4. The molecule has 0 saturated heterocycles.